The van der Waals surface area contributed by atoms with E-state index in [1.165, 1.54) is 40.9 Å². The molecule has 1 saturated heterocycles. The van der Waals surface area contributed by atoms with Gasteiger partial charge in [-0.15, -0.1) is 0 Å². The molecule has 3 aromatic rings. The number of nitrogens with one attached hydrogen (secondary N) is 1. The van der Waals surface area contributed by atoms with Crippen molar-refractivity contribution < 1.29 is 9.53 Å². The zero-order chi connectivity index (χ0) is 25.1. The van der Waals surface area contributed by atoms with Crippen molar-refractivity contribution in [3.8, 4) is 5.69 Å². The number of aryl methyl sites for hydroxylation is 3. The van der Waals surface area contributed by atoms with Crippen LogP contribution in [0.4, 0.5) is 0 Å². The van der Waals surface area contributed by atoms with E-state index in [1.54, 1.807) is 0 Å². The van der Waals surface area contributed by atoms with Gasteiger partial charge in [-0.2, -0.15) is 0 Å². The number of aromatic nitrogens is 2. The molecular formula is C28H34N4O2S. The van der Waals surface area contributed by atoms with Gasteiger partial charge >= 0.3 is 5.97 Å². The van der Waals surface area contributed by atoms with Crippen LogP contribution in [0.3, 0.4) is 0 Å². The first-order valence-electron chi connectivity index (χ1n) is 12.2. The molecule has 1 fully saturated rings. The molecule has 35 heavy (non-hydrogen) atoms. The Morgan fingerprint density at radius 3 is 2.66 bits per heavy atom. The summed E-state index contributed by atoms with van der Waals surface area (Å²) in [5.74, 6) is -0.203. The Morgan fingerprint density at radius 2 is 1.97 bits per heavy atom. The normalized spacial score (nSPS) is 17.5. The number of hydrogen-bond acceptors (Lipinski definition) is 4. The Kier molecular flexibility index (Phi) is 7.55. The lowest BCUT2D eigenvalue weighted by Crippen LogP contribution is -2.31. The Bertz CT molecular complexity index is 1220. The summed E-state index contributed by atoms with van der Waals surface area (Å²) in [6, 6.07) is 14.7. The number of benzene rings is 1. The SMILES string of the molecule is CCc1cccc(C)c1-n1c(C)cc([C@@H]2[C@@H](c3ccccn3)NC(=S)N2CCCC(=O)OC)c1C. The van der Waals surface area contributed by atoms with Crippen molar-refractivity contribution in [2.75, 3.05) is 13.7 Å². The van der Waals surface area contributed by atoms with Gasteiger partial charge in [0.1, 0.15) is 0 Å². The smallest absolute Gasteiger partial charge is 0.305 e. The minimum Gasteiger partial charge on any atom is -0.469 e. The first-order chi connectivity index (χ1) is 16.9. The highest BCUT2D eigenvalue weighted by molar-refractivity contribution is 7.80. The van der Waals surface area contributed by atoms with Crippen LogP contribution in [0.25, 0.3) is 5.69 Å². The fourth-order valence-electron chi connectivity index (χ4n) is 5.24. The van der Waals surface area contributed by atoms with Crippen molar-refractivity contribution in [2.45, 2.75) is 59.0 Å². The highest BCUT2D eigenvalue weighted by Gasteiger charge is 2.41. The van der Waals surface area contributed by atoms with Gasteiger partial charge in [-0.25, -0.2) is 0 Å². The van der Waals surface area contributed by atoms with E-state index >= 15 is 0 Å². The molecule has 3 heterocycles. The first-order valence-corrected chi connectivity index (χ1v) is 12.6. The van der Waals surface area contributed by atoms with Gasteiger partial charge in [0.2, 0.25) is 0 Å². The maximum absolute atomic E-state index is 11.8. The topological polar surface area (TPSA) is 59.4 Å². The second-order valence-corrected chi connectivity index (χ2v) is 9.48. The highest BCUT2D eigenvalue weighted by Crippen LogP contribution is 2.42. The number of hydrogen-bond donors (Lipinski definition) is 1. The second kappa shape index (κ2) is 10.6. The lowest BCUT2D eigenvalue weighted by molar-refractivity contribution is -0.140. The molecule has 7 heteroatoms. The second-order valence-electron chi connectivity index (χ2n) is 9.10. The lowest BCUT2D eigenvalue weighted by atomic mass is 9.96. The zero-order valence-electron chi connectivity index (χ0n) is 21.2. The molecule has 0 bridgehead atoms. The summed E-state index contributed by atoms with van der Waals surface area (Å²) in [5, 5.41) is 4.21. The standard InChI is InChI=1S/C28H34N4O2S/c1-6-21-12-9-11-18(2)26(21)32-19(3)17-22(20(32)4)27-25(23-13-7-8-15-29-23)30-28(35)31(27)16-10-14-24(33)34-5/h7-9,11-13,15,17,25,27H,6,10,14,16H2,1-5H3,(H,30,35)/t25-,27-/m1/s1. The van der Waals surface area contributed by atoms with Crippen LogP contribution in [-0.2, 0) is 16.0 Å². The van der Waals surface area contributed by atoms with Crippen LogP contribution < -0.4 is 5.32 Å². The molecular weight excluding hydrogens is 456 g/mol. The van der Waals surface area contributed by atoms with Crippen LogP contribution in [0, 0.1) is 20.8 Å². The summed E-state index contributed by atoms with van der Waals surface area (Å²) in [6.07, 6.45) is 3.81. The van der Waals surface area contributed by atoms with Gasteiger partial charge in [-0.05, 0) is 80.7 Å². The average molecular weight is 491 g/mol. The number of thiocarbonyl (C=S) groups is 1. The van der Waals surface area contributed by atoms with Crippen LogP contribution in [0.2, 0.25) is 0 Å². The molecule has 184 valence electrons. The first kappa shape index (κ1) is 24.9. The van der Waals surface area contributed by atoms with Gasteiger partial charge in [-0.3, -0.25) is 9.78 Å². The number of carbonyl (C=O) groups is 1. The van der Waals surface area contributed by atoms with Gasteiger partial charge in [-0.1, -0.05) is 31.2 Å². The van der Waals surface area contributed by atoms with Crippen LogP contribution in [-0.4, -0.2) is 39.2 Å². The third-order valence-corrected chi connectivity index (χ3v) is 7.27. The summed E-state index contributed by atoms with van der Waals surface area (Å²) in [5.41, 5.74) is 8.40. The number of rotatable bonds is 8. The van der Waals surface area contributed by atoms with Crippen LogP contribution in [0.5, 0.6) is 0 Å². The number of ether oxygens (including phenoxy) is 1. The molecule has 0 saturated carbocycles. The molecule has 1 aliphatic rings. The lowest BCUT2D eigenvalue weighted by Gasteiger charge is -2.28. The molecule has 0 radical (unpaired) electrons. The molecule has 2 aromatic heterocycles. The minimum absolute atomic E-state index is 0.0379. The van der Waals surface area contributed by atoms with Crippen molar-refractivity contribution in [2.24, 2.45) is 0 Å². The van der Waals surface area contributed by atoms with Crippen molar-refractivity contribution in [1.29, 1.82) is 0 Å². The average Bonchev–Trinajstić information content (AvgIpc) is 3.34. The van der Waals surface area contributed by atoms with E-state index in [-0.39, 0.29) is 18.1 Å². The maximum Gasteiger partial charge on any atom is 0.305 e. The molecule has 0 aliphatic carbocycles. The molecule has 0 unspecified atom stereocenters. The number of pyridine rings is 1. The Morgan fingerprint density at radius 1 is 1.17 bits per heavy atom. The zero-order valence-corrected chi connectivity index (χ0v) is 22.0. The Labute approximate surface area is 213 Å². The Hall–Kier alpha value is -3.19. The van der Waals surface area contributed by atoms with E-state index in [2.05, 4.69) is 71.7 Å². The minimum atomic E-state index is -0.203. The fraction of sp³-hybridized carbons (Fsp3) is 0.393. The fourth-order valence-corrected chi connectivity index (χ4v) is 5.57. The summed E-state index contributed by atoms with van der Waals surface area (Å²) in [6.45, 7) is 9.39. The third kappa shape index (κ3) is 4.82. The predicted octanol–water partition coefficient (Wildman–Crippen LogP) is 5.29. The molecule has 4 rings (SSSR count). The van der Waals surface area contributed by atoms with Gasteiger partial charge in [0.05, 0.1) is 30.6 Å². The molecule has 2 atom stereocenters. The third-order valence-electron chi connectivity index (χ3n) is 6.92. The molecule has 1 N–H and O–H groups in total. The molecule has 6 nitrogen and oxygen atoms in total. The van der Waals surface area contributed by atoms with Crippen LogP contribution >= 0.6 is 12.2 Å². The van der Waals surface area contributed by atoms with Gasteiger partial charge in [0.15, 0.2) is 5.11 Å². The maximum atomic E-state index is 11.8. The highest BCUT2D eigenvalue weighted by atomic mass is 32.1. The monoisotopic (exact) mass is 490 g/mol. The van der Waals surface area contributed by atoms with Gasteiger partial charge < -0.3 is 19.5 Å². The number of carbonyl (C=O) groups excluding carboxylic acids is 1. The van der Waals surface area contributed by atoms with Crippen molar-refractivity contribution >= 4 is 23.3 Å². The molecule has 1 aromatic carbocycles. The summed E-state index contributed by atoms with van der Waals surface area (Å²) >= 11 is 5.80. The Balaban J connectivity index is 1.80. The van der Waals surface area contributed by atoms with Gasteiger partial charge in [0, 0.05) is 30.6 Å². The van der Waals surface area contributed by atoms with Crippen molar-refractivity contribution in [1.82, 2.24) is 19.8 Å². The van der Waals surface area contributed by atoms with E-state index in [0.717, 1.165) is 12.1 Å². The van der Waals surface area contributed by atoms with Crippen LogP contribution in [0.1, 0.15) is 65.6 Å². The summed E-state index contributed by atoms with van der Waals surface area (Å²) in [4.78, 5) is 18.6. The summed E-state index contributed by atoms with van der Waals surface area (Å²) < 4.78 is 7.23. The largest absolute Gasteiger partial charge is 0.469 e. The molecule has 0 spiro atoms. The van der Waals surface area contributed by atoms with E-state index in [4.69, 9.17) is 17.0 Å². The van der Waals surface area contributed by atoms with Crippen molar-refractivity contribution in [3.63, 3.8) is 0 Å². The number of para-hydroxylation sites is 1. The van der Waals surface area contributed by atoms with E-state index in [9.17, 15) is 4.79 Å². The van der Waals surface area contributed by atoms with Crippen LogP contribution in [0.15, 0.2) is 48.7 Å². The molecule has 1 aliphatic heterocycles. The van der Waals surface area contributed by atoms with Crippen molar-refractivity contribution in [3.05, 3.63) is 82.4 Å². The van der Waals surface area contributed by atoms with Gasteiger partial charge in [0.25, 0.3) is 0 Å². The number of methoxy groups -OCH3 is 1. The number of nitrogens with zero attached hydrogens (tertiary/aromatic N) is 3. The summed E-state index contributed by atoms with van der Waals surface area (Å²) in [7, 11) is 1.43. The molecule has 0 amide bonds. The van der Waals surface area contributed by atoms with E-state index in [0.29, 0.717) is 24.5 Å². The van der Waals surface area contributed by atoms with E-state index < -0.39 is 0 Å². The quantitative estimate of drug-likeness (QED) is 0.342. The predicted molar refractivity (Wildman–Crippen MR) is 143 cm³/mol. The number of esters is 1. The van der Waals surface area contributed by atoms with E-state index in [1.807, 2.05) is 24.4 Å².